The highest BCUT2D eigenvalue weighted by Gasteiger charge is 2.36. The summed E-state index contributed by atoms with van der Waals surface area (Å²) in [4.78, 5) is 14.1. The van der Waals surface area contributed by atoms with Crippen LogP contribution in [0.25, 0.3) is 0 Å². The molecule has 2 unspecified atom stereocenters. The van der Waals surface area contributed by atoms with Crippen LogP contribution >= 0.6 is 0 Å². The lowest BCUT2D eigenvalue weighted by Crippen LogP contribution is -2.57. The molecule has 104 valence electrons. The number of carbonyl (C=O) groups excluding carboxylic acids is 1. The summed E-state index contributed by atoms with van der Waals surface area (Å²) < 4.78 is 0. The number of likely N-dealkylation sites (tertiary alicyclic amines) is 1. The van der Waals surface area contributed by atoms with Crippen LogP contribution in [0.4, 0.5) is 0 Å². The number of carbonyl (C=O) groups is 1. The molecule has 1 aliphatic rings. The Balaban J connectivity index is 2.18. The molecule has 2 atom stereocenters. The lowest BCUT2D eigenvalue weighted by atomic mass is 9.88. The molecule has 0 radical (unpaired) electrons. The Bertz CT molecular complexity index is 434. The van der Waals surface area contributed by atoms with Crippen molar-refractivity contribution in [2.45, 2.75) is 25.3 Å². The highest BCUT2D eigenvalue weighted by atomic mass is 16.1. The number of hydrogen-bond donors (Lipinski definition) is 2. The van der Waals surface area contributed by atoms with Crippen molar-refractivity contribution >= 4 is 5.91 Å². The molecule has 4 N–H and O–H groups in total. The van der Waals surface area contributed by atoms with E-state index in [4.69, 9.17) is 11.5 Å². The normalized spacial score (nSPS) is 23.8. The van der Waals surface area contributed by atoms with E-state index < -0.39 is 11.4 Å². The van der Waals surface area contributed by atoms with Crippen molar-refractivity contribution < 1.29 is 4.79 Å². The average molecular weight is 261 g/mol. The van der Waals surface area contributed by atoms with E-state index in [2.05, 4.69) is 11.8 Å². The van der Waals surface area contributed by atoms with E-state index in [0.29, 0.717) is 12.5 Å². The summed E-state index contributed by atoms with van der Waals surface area (Å²) in [5, 5.41) is 0. The Morgan fingerprint density at radius 3 is 2.68 bits per heavy atom. The van der Waals surface area contributed by atoms with Gasteiger partial charge in [-0.2, -0.15) is 0 Å². The van der Waals surface area contributed by atoms with E-state index in [9.17, 15) is 4.79 Å². The third kappa shape index (κ3) is 3.14. The minimum Gasteiger partial charge on any atom is -0.368 e. The number of piperidine rings is 1. The first-order chi connectivity index (χ1) is 9.02. The van der Waals surface area contributed by atoms with Gasteiger partial charge in [-0.05, 0) is 30.9 Å². The first-order valence-electron chi connectivity index (χ1n) is 6.89. The molecule has 1 heterocycles. The van der Waals surface area contributed by atoms with Gasteiger partial charge in [0.15, 0.2) is 0 Å². The molecule has 0 saturated carbocycles. The molecule has 2 rings (SSSR count). The molecule has 1 aromatic carbocycles. The molecule has 1 aromatic rings. The Kier molecular flexibility index (Phi) is 4.22. The smallest absolute Gasteiger partial charge is 0.243 e. The zero-order valence-electron chi connectivity index (χ0n) is 11.5. The lowest BCUT2D eigenvalue weighted by Gasteiger charge is -2.37. The predicted molar refractivity (Wildman–Crippen MR) is 76.3 cm³/mol. The molecular formula is C15H23N3O. The fourth-order valence-corrected chi connectivity index (χ4v) is 2.83. The molecule has 0 aromatic heterocycles. The molecule has 19 heavy (non-hydrogen) atoms. The molecule has 1 amide bonds. The summed E-state index contributed by atoms with van der Waals surface area (Å²) in [7, 11) is 0. The van der Waals surface area contributed by atoms with Crippen molar-refractivity contribution in [1.82, 2.24) is 4.90 Å². The van der Waals surface area contributed by atoms with Gasteiger partial charge in [-0.15, -0.1) is 0 Å². The zero-order valence-corrected chi connectivity index (χ0v) is 11.5. The van der Waals surface area contributed by atoms with E-state index in [0.717, 1.165) is 25.1 Å². The van der Waals surface area contributed by atoms with Gasteiger partial charge in [0.05, 0.1) is 0 Å². The highest BCUT2D eigenvalue weighted by molar-refractivity contribution is 5.86. The summed E-state index contributed by atoms with van der Waals surface area (Å²) >= 11 is 0. The van der Waals surface area contributed by atoms with Gasteiger partial charge < -0.3 is 16.4 Å². The van der Waals surface area contributed by atoms with Gasteiger partial charge in [0, 0.05) is 13.1 Å². The molecule has 1 aliphatic heterocycles. The maximum Gasteiger partial charge on any atom is 0.243 e. The number of amides is 1. The SMILES string of the molecule is CC1CCCN(CC(N)(C(N)=O)c2ccccc2)C1. The minimum absolute atomic E-state index is 0.461. The highest BCUT2D eigenvalue weighted by Crippen LogP contribution is 2.23. The third-order valence-corrected chi connectivity index (χ3v) is 3.94. The Hall–Kier alpha value is -1.39. The molecule has 4 nitrogen and oxygen atoms in total. The second-order valence-electron chi connectivity index (χ2n) is 5.68. The monoisotopic (exact) mass is 261 g/mol. The lowest BCUT2D eigenvalue weighted by molar-refractivity contribution is -0.124. The van der Waals surface area contributed by atoms with Gasteiger partial charge in [-0.25, -0.2) is 0 Å². The van der Waals surface area contributed by atoms with E-state index in [1.165, 1.54) is 6.42 Å². The number of nitrogens with zero attached hydrogens (tertiary/aromatic N) is 1. The second kappa shape index (κ2) is 5.72. The van der Waals surface area contributed by atoms with E-state index in [-0.39, 0.29) is 0 Å². The van der Waals surface area contributed by atoms with Gasteiger partial charge >= 0.3 is 0 Å². The van der Waals surface area contributed by atoms with Crippen molar-refractivity contribution in [3.05, 3.63) is 35.9 Å². The van der Waals surface area contributed by atoms with Gasteiger partial charge in [0.1, 0.15) is 5.54 Å². The molecule has 4 heteroatoms. The van der Waals surface area contributed by atoms with Crippen molar-refractivity contribution in [3.63, 3.8) is 0 Å². The molecule has 1 fully saturated rings. The molecular weight excluding hydrogens is 238 g/mol. The summed E-state index contributed by atoms with van der Waals surface area (Å²) in [6.45, 7) is 4.70. The predicted octanol–water partition coefficient (Wildman–Crippen LogP) is 1.06. The quantitative estimate of drug-likeness (QED) is 0.851. The Morgan fingerprint density at radius 1 is 1.42 bits per heavy atom. The maximum absolute atomic E-state index is 11.8. The fourth-order valence-electron chi connectivity index (χ4n) is 2.83. The summed E-state index contributed by atoms with van der Waals surface area (Å²) in [6.07, 6.45) is 2.40. The van der Waals surface area contributed by atoms with Crippen molar-refractivity contribution in [3.8, 4) is 0 Å². The van der Waals surface area contributed by atoms with Crippen LogP contribution in [0.1, 0.15) is 25.3 Å². The number of primary amides is 1. The van der Waals surface area contributed by atoms with E-state index >= 15 is 0 Å². The van der Waals surface area contributed by atoms with Crippen LogP contribution in [-0.4, -0.2) is 30.4 Å². The van der Waals surface area contributed by atoms with E-state index in [1.54, 1.807) is 0 Å². The van der Waals surface area contributed by atoms with Gasteiger partial charge in [-0.3, -0.25) is 4.79 Å². The summed E-state index contributed by atoms with van der Waals surface area (Å²) in [5.41, 5.74) is 11.6. The van der Waals surface area contributed by atoms with E-state index in [1.807, 2.05) is 30.3 Å². The number of hydrogen-bond acceptors (Lipinski definition) is 3. The Morgan fingerprint density at radius 2 is 2.11 bits per heavy atom. The summed E-state index contributed by atoms with van der Waals surface area (Å²) in [6, 6.07) is 9.43. The number of nitrogens with two attached hydrogens (primary N) is 2. The molecule has 0 bridgehead atoms. The molecule has 1 saturated heterocycles. The van der Waals surface area contributed by atoms with Crippen LogP contribution in [0, 0.1) is 5.92 Å². The first-order valence-corrected chi connectivity index (χ1v) is 6.89. The first kappa shape index (κ1) is 14.0. The fraction of sp³-hybridized carbons (Fsp3) is 0.533. The van der Waals surface area contributed by atoms with Crippen LogP contribution in [0.2, 0.25) is 0 Å². The van der Waals surface area contributed by atoms with Crippen LogP contribution in [0.15, 0.2) is 30.3 Å². The number of rotatable bonds is 4. The largest absolute Gasteiger partial charge is 0.368 e. The Labute approximate surface area is 114 Å². The zero-order chi connectivity index (χ0) is 13.9. The van der Waals surface area contributed by atoms with Gasteiger partial charge in [-0.1, -0.05) is 37.3 Å². The van der Waals surface area contributed by atoms with Crippen LogP contribution < -0.4 is 11.5 Å². The summed E-state index contributed by atoms with van der Waals surface area (Å²) in [5.74, 6) is 0.193. The third-order valence-electron chi connectivity index (χ3n) is 3.94. The van der Waals surface area contributed by atoms with Crippen molar-refractivity contribution in [2.24, 2.45) is 17.4 Å². The van der Waals surface area contributed by atoms with Crippen molar-refractivity contribution in [1.29, 1.82) is 0 Å². The number of benzene rings is 1. The topological polar surface area (TPSA) is 72.3 Å². The van der Waals surface area contributed by atoms with Crippen LogP contribution in [0.5, 0.6) is 0 Å². The minimum atomic E-state index is -1.10. The second-order valence-corrected chi connectivity index (χ2v) is 5.68. The molecule has 0 aliphatic carbocycles. The van der Waals surface area contributed by atoms with Crippen molar-refractivity contribution in [2.75, 3.05) is 19.6 Å². The molecule has 0 spiro atoms. The van der Waals surface area contributed by atoms with Gasteiger partial charge in [0.2, 0.25) is 5.91 Å². The average Bonchev–Trinajstić information content (AvgIpc) is 2.39. The van der Waals surface area contributed by atoms with Gasteiger partial charge in [0.25, 0.3) is 0 Å². The van der Waals surface area contributed by atoms with Crippen LogP contribution in [0.3, 0.4) is 0 Å². The maximum atomic E-state index is 11.8. The van der Waals surface area contributed by atoms with Crippen LogP contribution in [-0.2, 0) is 10.3 Å². The standard InChI is InChI=1S/C15H23N3O/c1-12-6-5-9-18(10-12)11-15(17,14(16)19)13-7-3-2-4-8-13/h2-4,7-8,12H,5-6,9-11,17H2,1H3,(H2,16,19).